The van der Waals surface area contributed by atoms with Gasteiger partial charge >= 0.3 is 6.09 Å². The number of fused-ring (bicyclic) bond motifs is 1. The molecule has 8 nitrogen and oxygen atoms in total. The molecule has 1 aromatic heterocycles. The zero-order valence-electron chi connectivity index (χ0n) is 17.0. The molecule has 2 amide bonds. The molecule has 1 aliphatic rings. The van der Waals surface area contributed by atoms with Gasteiger partial charge in [-0.3, -0.25) is 10.1 Å². The van der Waals surface area contributed by atoms with Crippen molar-refractivity contribution in [1.29, 1.82) is 0 Å². The highest BCUT2D eigenvalue weighted by atomic mass is 32.1. The molecule has 0 atom stereocenters. The van der Waals surface area contributed by atoms with Crippen molar-refractivity contribution in [3.8, 4) is 11.5 Å². The molecule has 1 N–H and O–H groups in total. The number of carbonyl (C=O) groups excluding carboxylic acids is 2. The maximum atomic E-state index is 12.3. The molecule has 0 saturated carbocycles. The van der Waals surface area contributed by atoms with Crippen molar-refractivity contribution in [2.45, 2.75) is 39.3 Å². The van der Waals surface area contributed by atoms with Crippen LogP contribution < -0.4 is 14.8 Å². The molecular formula is C20H25N3O5S. The fourth-order valence-electron chi connectivity index (χ4n) is 2.71. The minimum atomic E-state index is -0.534. The molecule has 29 heavy (non-hydrogen) atoms. The van der Waals surface area contributed by atoms with Crippen molar-refractivity contribution >= 4 is 28.5 Å². The monoisotopic (exact) mass is 419 g/mol. The first-order valence-electron chi connectivity index (χ1n) is 9.27. The van der Waals surface area contributed by atoms with Crippen LogP contribution in [0.2, 0.25) is 0 Å². The molecule has 0 spiro atoms. The van der Waals surface area contributed by atoms with Gasteiger partial charge in [0.15, 0.2) is 11.7 Å². The molecular weight excluding hydrogens is 394 g/mol. The lowest BCUT2D eigenvalue weighted by Crippen LogP contribution is -2.39. The fourth-order valence-corrected chi connectivity index (χ4v) is 3.75. The van der Waals surface area contributed by atoms with Crippen molar-refractivity contribution in [2.75, 3.05) is 25.6 Å². The van der Waals surface area contributed by atoms with Gasteiger partial charge in [0.2, 0.25) is 0 Å². The van der Waals surface area contributed by atoms with Gasteiger partial charge < -0.3 is 19.1 Å². The van der Waals surface area contributed by atoms with E-state index in [4.69, 9.17) is 14.2 Å². The van der Waals surface area contributed by atoms with Gasteiger partial charge in [-0.25, -0.2) is 9.78 Å². The molecule has 0 bridgehead atoms. The Balaban J connectivity index is 1.53. The molecule has 9 heteroatoms. The first kappa shape index (κ1) is 20.9. The highest BCUT2D eigenvalue weighted by Gasteiger charge is 2.28. The lowest BCUT2D eigenvalue weighted by molar-refractivity contribution is -0.118. The van der Waals surface area contributed by atoms with Crippen LogP contribution in [-0.2, 0) is 22.5 Å². The number of nitrogens with one attached hydrogen (secondary N) is 1. The lowest BCUT2D eigenvalue weighted by Gasteiger charge is -2.29. The summed E-state index contributed by atoms with van der Waals surface area (Å²) in [5.41, 5.74) is 0.370. The third-order valence-electron chi connectivity index (χ3n) is 4.06. The van der Waals surface area contributed by atoms with E-state index in [0.29, 0.717) is 30.4 Å². The normalized spacial score (nSPS) is 13.4. The van der Waals surface area contributed by atoms with Gasteiger partial charge in [-0.15, -0.1) is 0 Å². The number of hydrogen-bond acceptors (Lipinski definition) is 7. The quantitative estimate of drug-likeness (QED) is 0.798. The largest absolute Gasteiger partial charge is 0.497 e. The van der Waals surface area contributed by atoms with Crippen molar-refractivity contribution in [2.24, 2.45) is 0 Å². The zero-order valence-corrected chi connectivity index (χ0v) is 17.8. The van der Waals surface area contributed by atoms with Crippen molar-refractivity contribution in [1.82, 2.24) is 9.88 Å². The highest BCUT2D eigenvalue weighted by Crippen LogP contribution is 2.29. The van der Waals surface area contributed by atoms with Crippen molar-refractivity contribution in [3.05, 3.63) is 34.8 Å². The standard InChI is InChI=1S/C20H25N3O5S/c1-20(2,3)28-19(25)23-10-9-15-16(11-23)29-18(21-15)22-17(24)12-27-14-7-5-13(26-4)6-8-14/h5-8H,9-12H2,1-4H3,(H,21,22,24). The SMILES string of the molecule is COc1ccc(OCC(=O)Nc2nc3c(s2)CN(C(=O)OC(C)(C)C)CC3)cc1. The van der Waals surface area contributed by atoms with E-state index in [2.05, 4.69) is 10.3 Å². The Morgan fingerprint density at radius 3 is 2.55 bits per heavy atom. The minimum absolute atomic E-state index is 0.124. The molecule has 0 fully saturated rings. The third-order valence-corrected chi connectivity index (χ3v) is 5.06. The number of benzene rings is 1. The summed E-state index contributed by atoms with van der Waals surface area (Å²) in [7, 11) is 1.59. The van der Waals surface area contributed by atoms with Gasteiger partial charge in [-0.2, -0.15) is 0 Å². The molecule has 0 radical (unpaired) electrons. The van der Waals surface area contributed by atoms with Crippen LogP contribution >= 0.6 is 11.3 Å². The Morgan fingerprint density at radius 2 is 1.90 bits per heavy atom. The van der Waals surface area contributed by atoms with E-state index in [0.717, 1.165) is 16.3 Å². The van der Waals surface area contributed by atoms with Gasteiger partial charge in [0, 0.05) is 17.8 Å². The maximum Gasteiger partial charge on any atom is 0.410 e. The summed E-state index contributed by atoms with van der Waals surface area (Å²) in [6.45, 7) is 6.37. The number of anilines is 1. The number of nitrogens with zero attached hydrogens (tertiary/aromatic N) is 2. The third kappa shape index (κ3) is 5.83. The van der Waals surface area contributed by atoms with Crippen LogP contribution in [0.1, 0.15) is 31.3 Å². The Kier molecular flexibility index (Phi) is 6.26. The van der Waals surface area contributed by atoms with Crippen LogP contribution in [0.5, 0.6) is 11.5 Å². The second-order valence-electron chi connectivity index (χ2n) is 7.55. The number of methoxy groups -OCH3 is 1. The van der Waals surface area contributed by atoms with E-state index in [1.165, 1.54) is 11.3 Å². The van der Waals surface area contributed by atoms with E-state index in [9.17, 15) is 9.59 Å². The number of thiazole rings is 1. The number of aromatic nitrogens is 1. The second kappa shape index (κ2) is 8.69. The smallest absolute Gasteiger partial charge is 0.410 e. The van der Waals surface area contributed by atoms with E-state index >= 15 is 0 Å². The highest BCUT2D eigenvalue weighted by molar-refractivity contribution is 7.15. The Labute approximate surface area is 173 Å². The summed E-state index contributed by atoms with van der Waals surface area (Å²) in [6.07, 6.45) is 0.290. The lowest BCUT2D eigenvalue weighted by atomic mass is 10.2. The van der Waals surface area contributed by atoms with Crippen molar-refractivity contribution < 1.29 is 23.8 Å². The maximum absolute atomic E-state index is 12.3. The predicted octanol–water partition coefficient (Wildman–Crippen LogP) is 3.46. The van der Waals surface area contributed by atoms with E-state index in [-0.39, 0.29) is 18.6 Å². The van der Waals surface area contributed by atoms with E-state index in [1.807, 2.05) is 20.8 Å². The topological polar surface area (TPSA) is 90.0 Å². The van der Waals surface area contributed by atoms with Crippen LogP contribution in [0.4, 0.5) is 9.93 Å². The van der Waals surface area contributed by atoms with Crippen molar-refractivity contribution in [3.63, 3.8) is 0 Å². The van der Waals surface area contributed by atoms with Crippen LogP contribution in [0, 0.1) is 0 Å². The molecule has 0 unspecified atom stereocenters. The summed E-state index contributed by atoms with van der Waals surface area (Å²) in [5, 5.41) is 3.26. The van der Waals surface area contributed by atoms with Crippen LogP contribution in [0.15, 0.2) is 24.3 Å². The summed E-state index contributed by atoms with van der Waals surface area (Å²) >= 11 is 1.36. The Bertz CT molecular complexity index is 873. The molecule has 0 aliphatic carbocycles. The first-order chi connectivity index (χ1) is 13.7. The van der Waals surface area contributed by atoms with E-state index < -0.39 is 5.60 Å². The van der Waals surface area contributed by atoms with Gasteiger partial charge in [0.1, 0.15) is 17.1 Å². The summed E-state index contributed by atoms with van der Waals surface area (Å²) in [6, 6.07) is 7.00. The molecule has 2 aromatic rings. The van der Waals surface area contributed by atoms with Crippen LogP contribution in [-0.4, -0.2) is 47.7 Å². The summed E-state index contributed by atoms with van der Waals surface area (Å²) < 4.78 is 16.0. The van der Waals surface area contributed by atoms with Crippen LogP contribution in [0.3, 0.4) is 0 Å². The zero-order chi connectivity index (χ0) is 21.0. The number of ether oxygens (including phenoxy) is 3. The molecule has 156 valence electrons. The number of rotatable bonds is 5. The fraction of sp³-hybridized carbons (Fsp3) is 0.450. The van der Waals surface area contributed by atoms with Gasteiger partial charge in [0.05, 0.1) is 19.3 Å². The second-order valence-corrected chi connectivity index (χ2v) is 8.64. The van der Waals surface area contributed by atoms with E-state index in [1.54, 1.807) is 36.3 Å². The molecule has 1 aromatic carbocycles. The number of amides is 2. The number of carbonyl (C=O) groups is 2. The molecule has 3 rings (SSSR count). The van der Waals surface area contributed by atoms with Gasteiger partial charge in [-0.05, 0) is 45.0 Å². The summed E-state index contributed by atoms with van der Waals surface area (Å²) in [5.74, 6) is 0.999. The molecule has 1 aliphatic heterocycles. The average Bonchev–Trinajstić information content (AvgIpc) is 3.06. The minimum Gasteiger partial charge on any atom is -0.497 e. The first-order valence-corrected chi connectivity index (χ1v) is 10.1. The molecule has 0 saturated heterocycles. The van der Waals surface area contributed by atoms with Gasteiger partial charge in [-0.1, -0.05) is 11.3 Å². The molecule has 2 heterocycles. The van der Waals surface area contributed by atoms with Gasteiger partial charge in [0.25, 0.3) is 5.91 Å². The average molecular weight is 420 g/mol. The predicted molar refractivity (Wildman–Crippen MR) is 110 cm³/mol. The number of hydrogen-bond donors (Lipinski definition) is 1. The summed E-state index contributed by atoms with van der Waals surface area (Å²) in [4.78, 5) is 31.5. The Hall–Kier alpha value is -2.81. The Morgan fingerprint density at radius 1 is 1.21 bits per heavy atom. The van der Waals surface area contributed by atoms with Crippen LogP contribution in [0.25, 0.3) is 0 Å².